The first-order valence-corrected chi connectivity index (χ1v) is 8.75. The van der Waals surface area contributed by atoms with Gasteiger partial charge in [-0.1, -0.05) is 104 Å². The Kier molecular flexibility index (Phi) is 26.0. The van der Waals surface area contributed by atoms with Crippen LogP contribution in [0.4, 0.5) is 0 Å². The summed E-state index contributed by atoms with van der Waals surface area (Å²) in [6, 6.07) is 0. The predicted molar refractivity (Wildman–Crippen MR) is 120 cm³/mol. The van der Waals surface area contributed by atoms with Crippen molar-refractivity contribution in [2.45, 2.75) is 132 Å². The minimum absolute atomic E-state index is 0. The molecule has 6 heteroatoms. The summed E-state index contributed by atoms with van der Waals surface area (Å²) in [5, 5.41) is 0. The van der Waals surface area contributed by atoms with Crippen molar-refractivity contribution >= 4 is 0 Å². The first-order valence-electron chi connectivity index (χ1n) is 8.75. The van der Waals surface area contributed by atoms with E-state index in [1.165, 1.54) is 0 Å². The average molecular weight is 542 g/mol. The molecule has 0 aromatic carbocycles. The van der Waals surface area contributed by atoms with E-state index >= 15 is 0 Å². The Bertz CT molecular complexity index is 171. The molecule has 160 valence electrons. The van der Waals surface area contributed by atoms with Crippen molar-refractivity contribution < 1.29 is 22.4 Å². The maximum Gasteiger partial charge on any atom is 5.00 e. The van der Waals surface area contributed by atoms with E-state index in [4.69, 9.17) is 28.7 Å². The third kappa shape index (κ3) is 46600. The van der Waals surface area contributed by atoms with Gasteiger partial charge in [0.05, 0.1) is 0 Å². The molecule has 0 amide bonds. The molecule has 0 aliphatic heterocycles. The largest absolute Gasteiger partial charge is 5.00 e. The topological polar surface area (TPSA) is 119 Å². The summed E-state index contributed by atoms with van der Waals surface area (Å²) in [7, 11) is 0. The Balaban J connectivity index is -0.0000000476. The predicted octanol–water partition coefficient (Wildman–Crippen LogP) is 9.18. The van der Waals surface area contributed by atoms with Crippen LogP contribution in [0.1, 0.15) is 104 Å². The van der Waals surface area contributed by atoms with Gasteiger partial charge in [0.15, 0.2) is 0 Å². The second-order valence-electron chi connectivity index (χ2n) is 11.2. The zero-order chi connectivity index (χ0) is 22.5. The maximum absolute atomic E-state index is 6.94. The van der Waals surface area contributed by atoms with Gasteiger partial charge in [-0.3, -0.25) is 0 Å². The molecule has 0 bridgehead atoms. The Morgan fingerprint density at radius 3 is 0.269 bits per heavy atom. The molecule has 0 aliphatic rings. The van der Waals surface area contributed by atoms with Crippen LogP contribution >= 0.6 is 0 Å². The van der Waals surface area contributed by atoms with Crippen molar-refractivity contribution in [1.82, 2.24) is 0 Å². The minimum Gasteiger partial charge on any atom is -0.673 e. The summed E-state index contributed by atoms with van der Waals surface area (Å²) in [5.74, 6) is 0. The Morgan fingerprint density at radius 1 is 0.269 bits per heavy atom. The molecule has 0 heterocycles. The van der Waals surface area contributed by atoms with E-state index < -0.39 is 0 Å². The fourth-order valence-electron chi connectivity index (χ4n) is 0. The normalized spacial score (nSPS) is 11.5. The molecule has 0 saturated heterocycles. The number of nitrogens with one attached hydrogen (secondary N) is 5. The average Bonchev–Trinajstić information content (AvgIpc) is 1.79. The smallest absolute Gasteiger partial charge is 0.673 e. The maximum atomic E-state index is 6.94. The number of hydrogen-bond acceptors (Lipinski definition) is 0. The fraction of sp³-hybridized carbons (Fsp3) is 1.00. The van der Waals surface area contributed by atoms with Gasteiger partial charge in [-0.15, -0.1) is 27.7 Å². The quantitative estimate of drug-likeness (QED) is 0.290. The van der Waals surface area contributed by atoms with E-state index in [2.05, 4.69) is 0 Å². The van der Waals surface area contributed by atoms with Gasteiger partial charge in [-0.05, 0) is 0 Å². The molecule has 26 heavy (non-hydrogen) atoms. The summed E-state index contributed by atoms with van der Waals surface area (Å²) in [6.45, 7) is 27.8. The summed E-state index contributed by atoms with van der Waals surface area (Å²) in [6.07, 6.45) is 0. The minimum atomic E-state index is -0.250. The molecule has 0 fully saturated rings. The molecule has 5 nitrogen and oxygen atoms in total. The molecule has 0 atom stereocenters. The summed E-state index contributed by atoms with van der Waals surface area (Å²) in [4.78, 5) is 0. The Hall–Kier alpha value is 0.540. The van der Waals surface area contributed by atoms with Gasteiger partial charge < -0.3 is 28.7 Å². The molecular formula is C20H50N5Ta. The number of rotatable bonds is 0. The van der Waals surface area contributed by atoms with Crippen LogP contribution in [-0.2, 0) is 22.4 Å². The van der Waals surface area contributed by atoms with Gasteiger partial charge >= 0.3 is 22.4 Å². The third-order valence-corrected chi connectivity index (χ3v) is 0. The van der Waals surface area contributed by atoms with Gasteiger partial charge in [-0.25, -0.2) is 0 Å². The molecule has 0 aliphatic carbocycles. The zero-order valence-corrected chi connectivity index (χ0v) is 23.7. The Morgan fingerprint density at radius 2 is 0.269 bits per heavy atom. The molecule has 0 aromatic heterocycles. The molecule has 0 unspecified atom stereocenters. The SMILES string of the molecule is CC(C)(C)[NH-].CC(C)(C)[NH-].CC(C)(C)[NH-].CC(C)(C)[NH-].CC(C)(C)[NH-].[Ta+5]. The fourth-order valence-corrected chi connectivity index (χ4v) is 0. The molecule has 0 aromatic rings. The summed E-state index contributed by atoms with van der Waals surface area (Å²) < 4.78 is 0. The van der Waals surface area contributed by atoms with Gasteiger partial charge in [0.2, 0.25) is 0 Å². The van der Waals surface area contributed by atoms with Gasteiger partial charge in [0, 0.05) is 0 Å². The van der Waals surface area contributed by atoms with Crippen LogP contribution in [0, 0.1) is 0 Å². The van der Waals surface area contributed by atoms with Crippen LogP contribution in [0.25, 0.3) is 28.7 Å². The number of hydrogen-bond donors (Lipinski definition) is 0. The van der Waals surface area contributed by atoms with Crippen LogP contribution in [0.5, 0.6) is 0 Å². The third-order valence-electron chi connectivity index (χ3n) is 0. The molecule has 0 rings (SSSR count). The van der Waals surface area contributed by atoms with Crippen LogP contribution in [0.2, 0.25) is 0 Å². The van der Waals surface area contributed by atoms with Crippen molar-refractivity contribution in [3.8, 4) is 0 Å². The second kappa shape index (κ2) is 16.5. The Labute approximate surface area is 182 Å². The molecule has 5 N–H and O–H groups in total. The van der Waals surface area contributed by atoms with Crippen LogP contribution in [0.15, 0.2) is 0 Å². The van der Waals surface area contributed by atoms with E-state index in [-0.39, 0.29) is 50.1 Å². The molecule has 0 spiro atoms. The van der Waals surface area contributed by atoms with Crippen molar-refractivity contribution in [3.05, 3.63) is 28.7 Å². The first-order chi connectivity index (χ1) is 10.0. The van der Waals surface area contributed by atoms with E-state index in [9.17, 15) is 0 Å². The second-order valence-corrected chi connectivity index (χ2v) is 11.2. The monoisotopic (exact) mass is 541 g/mol. The van der Waals surface area contributed by atoms with Crippen LogP contribution in [-0.4, -0.2) is 27.7 Å². The van der Waals surface area contributed by atoms with Crippen molar-refractivity contribution in [3.63, 3.8) is 0 Å². The standard InChI is InChI=1S/5C4H10N.Ta/c5*1-4(2,3)5;/h5*5H,1-3H3;/q5*-1;+5. The van der Waals surface area contributed by atoms with Crippen LogP contribution in [0.3, 0.4) is 0 Å². The van der Waals surface area contributed by atoms with E-state index in [0.717, 1.165) is 0 Å². The van der Waals surface area contributed by atoms with Crippen molar-refractivity contribution in [2.75, 3.05) is 0 Å². The van der Waals surface area contributed by atoms with E-state index in [0.29, 0.717) is 0 Å². The van der Waals surface area contributed by atoms with Crippen LogP contribution < -0.4 is 0 Å². The molecule has 0 radical (unpaired) electrons. The molecular weight excluding hydrogens is 491 g/mol. The summed E-state index contributed by atoms with van der Waals surface area (Å²) in [5.41, 5.74) is 33.4. The zero-order valence-electron chi connectivity index (χ0n) is 20.4. The van der Waals surface area contributed by atoms with Crippen molar-refractivity contribution in [2.24, 2.45) is 0 Å². The first kappa shape index (κ1) is 41.0. The summed E-state index contributed by atoms with van der Waals surface area (Å²) >= 11 is 0. The van der Waals surface area contributed by atoms with Crippen molar-refractivity contribution in [1.29, 1.82) is 0 Å². The van der Waals surface area contributed by atoms with E-state index in [1.807, 2.05) is 104 Å². The van der Waals surface area contributed by atoms with Gasteiger partial charge in [-0.2, -0.15) is 0 Å². The van der Waals surface area contributed by atoms with E-state index in [1.54, 1.807) is 0 Å². The van der Waals surface area contributed by atoms with Gasteiger partial charge in [0.1, 0.15) is 0 Å². The molecule has 0 saturated carbocycles. The van der Waals surface area contributed by atoms with Gasteiger partial charge in [0.25, 0.3) is 0 Å².